The van der Waals surface area contributed by atoms with Crippen LogP contribution < -0.4 is 5.32 Å². The SMILES string of the molecule is O=C(Nc1ccc(Cl)nc1)c1nc(Cl)ccc1Cl. The first-order valence-electron chi connectivity index (χ1n) is 4.81. The molecule has 2 aromatic rings. The number of pyridine rings is 2. The van der Waals surface area contributed by atoms with Gasteiger partial charge in [0.15, 0.2) is 0 Å². The largest absolute Gasteiger partial charge is 0.319 e. The normalized spacial score (nSPS) is 10.2. The molecule has 0 spiro atoms. The third-order valence-corrected chi connectivity index (χ3v) is 2.75. The molecule has 0 aromatic carbocycles. The third-order valence-electron chi connectivity index (χ3n) is 2.01. The molecule has 2 heterocycles. The second-order valence-corrected chi connectivity index (χ2v) is 4.47. The average Bonchev–Trinajstić information content (AvgIpc) is 2.35. The van der Waals surface area contributed by atoms with Gasteiger partial charge in [-0.25, -0.2) is 9.97 Å². The Kier molecular flexibility index (Phi) is 4.01. The van der Waals surface area contributed by atoms with Crippen molar-refractivity contribution in [1.82, 2.24) is 9.97 Å². The van der Waals surface area contributed by atoms with Gasteiger partial charge in [-0.05, 0) is 24.3 Å². The third kappa shape index (κ3) is 3.10. The fourth-order valence-corrected chi connectivity index (χ4v) is 1.67. The van der Waals surface area contributed by atoms with E-state index >= 15 is 0 Å². The molecule has 0 bridgehead atoms. The fraction of sp³-hybridized carbons (Fsp3) is 0. The van der Waals surface area contributed by atoms with Crippen molar-refractivity contribution in [3.05, 3.63) is 51.5 Å². The molecule has 0 saturated carbocycles. The van der Waals surface area contributed by atoms with Crippen molar-refractivity contribution in [2.45, 2.75) is 0 Å². The number of nitrogens with one attached hydrogen (secondary N) is 1. The number of nitrogens with zero attached hydrogens (tertiary/aromatic N) is 2. The van der Waals surface area contributed by atoms with Gasteiger partial charge >= 0.3 is 0 Å². The molecule has 0 aliphatic heterocycles. The van der Waals surface area contributed by atoms with E-state index in [1.54, 1.807) is 12.1 Å². The number of anilines is 1. The molecule has 18 heavy (non-hydrogen) atoms. The predicted octanol–water partition coefficient (Wildman–Crippen LogP) is 3.69. The van der Waals surface area contributed by atoms with Crippen molar-refractivity contribution in [2.24, 2.45) is 0 Å². The number of aromatic nitrogens is 2. The summed E-state index contributed by atoms with van der Waals surface area (Å²) in [5.74, 6) is -0.466. The second kappa shape index (κ2) is 5.52. The van der Waals surface area contributed by atoms with E-state index in [1.165, 1.54) is 18.3 Å². The minimum Gasteiger partial charge on any atom is -0.319 e. The summed E-state index contributed by atoms with van der Waals surface area (Å²) in [6.45, 7) is 0. The van der Waals surface area contributed by atoms with Crippen LogP contribution in [0, 0.1) is 0 Å². The van der Waals surface area contributed by atoms with Crippen LogP contribution in [0.5, 0.6) is 0 Å². The first kappa shape index (κ1) is 13.1. The lowest BCUT2D eigenvalue weighted by atomic mass is 10.3. The van der Waals surface area contributed by atoms with Crippen LogP contribution in [0.3, 0.4) is 0 Å². The number of hydrogen-bond donors (Lipinski definition) is 1. The number of halogens is 3. The molecule has 4 nitrogen and oxygen atoms in total. The minimum absolute atomic E-state index is 0.0547. The number of amides is 1. The summed E-state index contributed by atoms with van der Waals surface area (Å²) in [6, 6.07) is 6.19. The standard InChI is InChI=1S/C11H6Cl3N3O/c12-7-2-4-9(14)17-10(7)11(18)16-6-1-3-8(13)15-5-6/h1-5H,(H,16,18). The molecule has 1 N–H and O–H groups in total. The van der Waals surface area contributed by atoms with Gasteiger partial charge in [-0.15, -0.1) is 0 Å². The highest BCUT2D eigenvalue weighted by molar-refractivity contribution is 6.35. The number of hydrogen-bond acceptors (Lipinski definition) is 3. The molecule has 0 atom stereocenters. The summed E-state index contributed by atoms with van der Waals surface area (Å²) >= 11 is 17.2. The molecule has 0 fully saturated rings. The maximum atomic E-state index is 11.9. The van der Waals surface area contributed by atoms with E-state index in [0.717, 1.165) is 0 Å². The van der Waals surface area contributed by atoms with Crippen LogP contribution in [0.25, 0.3) is 0 Å². The Labute approximate surface area is 118 Å². The molecule has 0 unspecified atom stereocenters. The van der Waals surface area contributed by atoms with Gasteiger partial charge in [0.1, 0.15) is 16.0 Å². The topological polar surface area (TPSA) is 54.9 Å². The fourth-order valence-electron chi connectivity index (χ4n) is 1.22. The summed E-state index contributed by atoms with van der Waals surface area (Å²) in [6.07, 6.45) is 1.43. The van der Waals surface area contributed by atoms with E-state index in [-0.39, 0.29) is 15.9 Å². The zero-order valence-electron chi connectivity index (χ0n) is 8.82. The lowest BCUT2D eigenvalue weighted by Gasteiger charge is -2.05. The lowest BCUT2D eigenvalue weighted by Crippen LogP contribution is -2.14. The Bertz CT molecular complexity index is 587. The smallest absolute Gasteiger partial charge is 0.275 e. The second-order valence-electron chi connectivity index (χ2n) is 3.29. The Balaban J connectivity index is 2.21. The van der Waals surface area contributed by atoms with E-state index < -0.39 is 5.91 Å². The molecular weight excluding hydrogens is 296 g/mol. The van der Waals surface area contributed by atoms with Crippen LogP contribution in [0.1, 0.15) is 10.5 Å². The zero-order valence-corrected chi connectivity index (χ0v) is 11.1. The van der Waals surface area contributed by atoms with Crippen molar-refractivity contribution < 1.29 is 4.79 Å². The van der Waals surface area contributed by atoms with Gasteiger partial charge in [0.05, 0.1) is 16.9 Å². The van der Waals surface area contributed by atoms with Crippen molar-refractivity contribution in [2.75, 3.05) is 5.32 Å². The van der Waals surface area contributed by atoms with Crippen molar-refractivity contribution in [1.29, 1.82) is 0 Å². The quantitative estimate of drug-likeness (QED) is 0.861. The molecule has 0 saturated heterocycles. The van der Waals surface area contributed by atoms with Crippen LogP contribution in [0.15, 0.2) is 30.5 Å². The monoisotopic (exact) mass is 301 g/mol. The molecule has 0 aliphatic rings. The summed E-state index contributed by atoms with van der Waals surface area (Å²) in [5.41, 5.74) is 0.543. The highest BCUT2D eigenvalue weighted by atomic mass is 35.5. The van der Waals surface area contributed by atoms with E-state index in [2.05, 4.69) is 15.3 Å². The summed E-state index contributed by atoms with van der Waals surface area (Å²) in [7, 11) is 0. The Hall–Kier alpha value is -1.36. The van der Waals surface area contributed by atoms with E-state index in [4.69, 9.17) is 34.8 Å². The van der Waals surface area contributed by atoms with Crippen LogP contribution in [0.4, 0.5) is 5.69 Å². The molecule has 2 rings (SSSR count). The number of carbonyl (C=O) groups excluding carboxylic acids is 1. The van der Waals surface area contributed by atoms with Gasteiger partial charge < -0.3 is 5.32 Å². The van der Waals surface area contributed by atoms with Gasteiger partial charge in [0.25, 0.3) is 5.91 Å². The maximum absolute atomic E-state index is 11.9. The predicted molar refractivity (Wildman–Crippen MR) is 71.5 cm³/mol. The Morgan fingerprint density at radius 1 is 1.06 bits per heavy atom. The molecule has 2 aromatic heterocycles. The molecular formula is C11H6Cl3N3O. The van der Waals surface area contributed by atoms with Crippen molar-refractivity contribution >= 4 is 46.4 Å². The van der Waals surface area contributed by atoms with Gasteiger partial charge in [0, 0.05) is 0 Å². The lowest BCUT2D eigenvalue weighted by molar-refractivity contribution is 0.102. The van der Waals surface area contributed by atoms with Crippen LogP contribution >= 0.6 is 34.8 Å². The zero-order chi connectivity index (χ0) is 13.1. The summed E-state index contributed by atoms with van der Waals surface area (Å²) in [4.78, 5) is 19.6. The first-order valence-corrected chi connectivity index (χ1v) is 5.94. The van der Waals surface area contributed by atoms with Gasteiger partial charge in [-0.2, -0.15) is 0 Å². The number of carbonyl (C=O) groups is 1. The maximum Gasteiger partial charge on any atom is 0.275 e. The van der Waals surface area contributed by atoms with Gasteiger partial charge in [-0.3, -0.25) is 4.79 Å². The highest BCUT2D eigenvalue weighted by Gasteiger charge is 2.13. The summed E-state index contributed by atoms with van der Waals surface area (Å²) in [5, 5.41) is 3.34. The summed E-state index contributed by atoms with van der Waals surface area (Å²) < 4.78 is 0. The minimum atomic E-state index is -0.466. The highest BCUT2D eigenvalue weighted by Crippen LogP contribution is 2.18. The van der Waals surface area contributed by atoms with E-state index in [1.807, 2.05) is 0 Å². The number of rotatable bonds is 2. The molecule has 1 amide bonds. The Morgan fingerprint density at radius 3 is 2.44 bits per heavy atom. The van der Waals surface area contributed by atoms with Crippen LogP contribution in [-0.2, 0) is 0 Å². The first-order chi connectivity index (χ1) is 8.56. The molecule has 0 aliphatic carbocycles. The van der Waals surface area contributed by atoms with E-state index in [0.29, 0.717) is 10.8 Å². The molecule has 92 valence electrons. The van der Waals surface area contributed by atoms with Crippen molar-refractivity contribution in [3.63, 3.8) is 0 Å². The average molecular weight is 303 g/mol. The van der Waals surface area contributed by atoms with Crippen LogP contribution in [0.2, 0.25) is 15.3 Å². The Morgan fingerprint density at radius 2 is 1.78 bits per heavy atom. The molecule has 0 radical (unpaired) electrons. The van der Waals surface area contributed by atoms with Crippen molar-refractivity contribution in [3.8, 4) is 0 Å². The van der Waals surface area contributed by atoms with Crippen LogP contribution in [-0.4, -0.2) is 15.9 Å². The van der Waals surface area contributed by atoms with E-state index in [9.17, 15) is 4.79 Å². The molecule has 7 heteroatoms. The van der Waals surface area contributed by atoms with Gasteiger partial charge in [0.2, 0.25) is 0 Å². The van der Waals surface area contributed by atoms with Gasteiger partial charge in [-0.1, -0.05) is 34.8 Å².